The van der Waals surface area contributed by atoms with E-state index >= 15 is 0 Å². The Bertz CT molecular complexity index is 813. The fraction of sp³-hybridized carbons (Fsp3) is 0.278. The number of anilines is 1. The minimum Gasteiger partial charge on any atom is -0.393 e. The van der Waals surface area contributed by atoms with Gasteiger partial charge in [-0.3, -0.25) is 14.9 Å². The number of nitrogens with one attached hydrogen (secondary N) is 1. The first-order chi connectivity index (χ1) is 11.4. The topological polar surface area (TPSA) is 98.3 Å². The first-order valence-electron chi connectivity index (χ1n) is 7.81. The average Bonchev–Trinajstić information content (AvgIpc) is 3.34. The lowest BCUT2D eigenvalue weighted by Gasteiger charge is -2.19. The van der Waals surface area contributed by atoms with Crippen molar-refractivity contribution in [1.82, 2.24) is 5.32 Å². The highest BCUT2D eigenvalue weighted by Gasteiger charge is 2.45. The van der Waals surface area contributed by atoms with Crippen molar-refractivity contribution >= 4 is 17.3 Å². The summed E-state index contributed by atoms with van der Waals surface area (Å²) in [6.07, 6.45) is 2.06. The molecule has 0 spiro atoms. The van der Waals surface area contributed by atoms with Crippen LogP contribution in [-0.4, -0.2) is 17.4 Å². The summed E-state index contributed by atoms with van der Waals surface area (Å²) in [5.41, 5.74) is 8.07. The fourth-order valence-electron chi connectivity index (χ4n) is 3.05. The monoisotopic (exact) mass is 325 g/mol. The summed E-state index contributed by atoms with van der Waals surface area (Å²) in [4.78, 5) is 22.7. The minimum absolute atomic E-state index is 0.0131. The molecule has 2 aromatic carbocycles. The predicted octanol–water partition coefficient (Wildman–Crippen LogP) is 2.95. The molecule has 0 aliphatic heterocycles. The highest BCUT2D eigenvalue weighted by Crippen LogP contribution is 2.48. The lowest BCUT2D eigenvalue weighted by Crippen LogP contribution is -2.32. The summed E-state index contributed by atoms with van der Waals surface area (Å²) in [5.74, 6) is -0.321. The number of amides is 1. The maximum absolute atomic E-state index is 12.3. The molecule has 0 unspecified atom stereocenters. The van der Waals surface area contributed by atoms with Gasteiger partial charge in [0.15, 0.2) is 0 Å². The molecule has 6 nitrogen and oxygen atoms in total. The largest absolute Gasteiger partial charge is 0.393 e. The Morgan fingerprint density at radius 1 is 1.29 bits per heavy atom. The van der Waals surface area contributed by atoms with E-state index in [0.717, 1.165) is 12.8 Å². The van der Waals surface area contributed by atoms with Crippen molar-refractivity contribution in [2.24, 2.45) is 0 Å². The normalized spacial score (nSPS) is 14.9. The molecule has 2 aromatic rings. The van der Waals surface area contributed by atoms with Crippen molar-refractivity contribution in [2.75, 3.05) is 12.3 Å². The van der Waals surface area contributed by atoms with Gasteiger partial charge >= 0.3 is 0 Å². The molecular formula is C18H19N3O3. The summed E-state index contributed by atoms with van der Waals surface area (Å²) in [6.45, 7) is 2.59. The zero-order valence-corrected chi connectivity index (χ0v) is 13.4. The summed E-state index contributed by atoms with van der Waals surface area (Å²) in [6, 6.07) is 12.3. The molecule has 0 atom stereocenters. The van der Waals surface area contributed by atoms with Gasteiger partial charge < -0.3 is 11.1 Å². The molecule has 124 valence electrons. The summed E-state index contributed by atoms with van der Waals surface area (Å²) in [5, 5.41) is 13.9. The van der Waals surface area contributed by atoms with Gasteiger partial charge in [0.1, 0.15) is 5.69 Å². The Morgan fingerprint density at radius 3 is 2.62 bits per heavy atom. The summed E-state index contributed by atoms with van der Waals surface area (Å²) in [7, 11) is 0. The molecule has 1 aliphatic rings. The van der Waals surface area contributed by atoms with Crippen LogP contribution in [-0.2, 0) is 5.41 Å². The van der Waals surface area contributed by atoms with Crippen LogP contribution in [0.15, 0.2) is 42.5 Å². The second-order valence-electron chi connectivity index (χ2n) is 6.31. The number of carbonyl (C=O) groups is 1. The summed E-state index contributed by atoms with van der Waals surface area (Å²) >= 11 is 0. The second kappa shape index (κ2) is 5.96. The van der Waals surface area contributed by atoms with Crippen LogP contribution in [0.25, 0.3) is 0 Å². The van der Waals surface area contributed by atoms with Gasteiger partial charge in [0.25, 0.3) is 11.6 Å². The highest BCUT2D eigenvalue weighted by molar-refractivity contribution is 5.95. The smallest absolute Gasteiger partial charge is 0.292 e. The molecule has 1 amide bonds. The third-order valence-corrected chi connectivity index (χ3v) is 4.65. The van der Waals surface area contributed by atoms with Gasteiger partial charge in [-0.2, -0.15) is 0 Å². The van der Waals surface area contributed by atoms with Crippen LogP contribution in [0, 0.1) is 17.0 Å². The van der Waals surface area contributed by atoms with Crippen LogP contribution in [0.1, 0.15) is 34.3 Å². The molecule has 1 saturated carbocycles. The molecule has 0 bridgehead atoms. The number of nitrogen functional groups attached to an aromatic ring is 1. The van der Waals surface area contributed by atoms with Gasteiger partial charge in [0.2, 0.25) is 0 Å². The number of nitro groups is 1. The SMILES string of the molecule is Cc1ccccc1C1(CNC(=O)c2ccc(N)c([N+](=O)[O-])c2)CC1. The van der Waals surface area contributed by atoms with Crippen LogP contribution in [0.3, 0.4) is 0 Å². The van der Waals surface area contributed by atoms with E-state index in [1.165, 1.54) is 29.3 Å². The first-order valence-corrected chi connectivity index (χ1v) is 7.81. The van der Waals surface area contributed by atoms with E-state index in [1.807, 2.05) is 12.1 Å². The molecule has 0 saturated heterocycles. The lowest BCUT2D eigenvalue weighted by atomic mass is 9.92. The van der Waals surface area contributed by atoms with Crippen LogP contribution in [0.2, 0.25) is 0 Å². The van der Waals surface area contributed by atoms with E-state index in [2.05, 4.69) is 24.4 Å². The quantitative estimate of drug-likeness (QED) is 0.501. The zero-order valence-electron chi connectivity index (χ0n) is 13.4. The molecule has 3 rings (SSSR count). The van der Waals surface area contributed by atoms with E-state index in [9.17, 15) is 14.9 Å². The van der Waals surface area contributed by atoms with Gasteiger partial charge in [-0.05, 0) is 43.0 Å². The number of nitrogens with two attached hydrogens (primary N) is 1. The van der Waals surface area contributed by atoms with Crippen molar-refractivity contribution in [3.8, 4) is 0 Å². The van der Waals surface area contributed by atoms with Gasteiger partial charge in [-0.15, -0.1) is 0 Å². The fourth-order valence-corrected chi connectivity index (χ4v) is 3.05. The zero-order chi connectivity index (χ0) is 17.3. The van der Waals surface area contributed by atoms with Crippen LogP contribution in [0.5, 0.6) is 0 Å². The van der Waals surface area contributed by atoms with Gasteiger partial charge in [0, 0.05) is 23.6 Å². The molecule has 0 radical (unpaired) electrons. The Labute approximate surface area is 139 Å². The van der Waals surface area contributed by atoms with Gasteiger partial charge in [-0.1, -0.05) is 24.3 Å². The van der Waals surface area contributed by atoms with Crippen LogP contribution < -0.4 is 11.1 Å². The summed E-state index contributed by atoms with van der Waals surface area (Å²) < 4.78 is 0. The minimum atomic E-state index is -0.582. The van der Waals surface area contributed by atoms with E-state index in [1.54, 1.807) is 0 Å². The second-order valence-corrected chi connectivity index (χ2v) is 6.31. The number of nitro benzene ring substituents is 1. The molecule has 6 heteroatoms. The number of aryl methyl sites for hydroxylation is 1. The third kappa shape index (κ3) is 2.95. The maximum atomic E-state index is 12.3. The number of hydrogen-bond donors (Lipinski definition) is 2. The van der Waals surface area contributed by atoms with Crippen molar-refractivity contribution < 1.29 is 9.72 Å². The van der Waals surface area contributed by atoms with Crippen molar-refractivity contribution in [2.45, 2.75) is 25.2 Å². The molecule has 3 N–H and O–H groups in total. The van der Waals surface area contributed by atoms with Crippen molar-refractivity contribution in [1.29, 1.82) is 0 Å². The van der Waals surface area contributed by atoms with Crippen molar-refractivity contribution in [3.05, 3.63) is 69.3 Å². The Hall–Kier alpha value is -2.89. The average molecular weight is 325 g/mol. The van der Waals surface area contributed by atoms with Gasteiger partial charge in [-0.25, -0.2) is 0 Å². The maximum Gasteiger partial charge on any atom is 0.292 e. The predicted molar refractivity (Wildman–Crippen MR) is 91.9 cm³/mol. The number of benzene rings is 2. The van der Waals surface area contributed by atoms with E-state index in [0.29, 0.717) is 6.54 Å². The van der Waals surface area contributed by atoms with Crippen molar-refractivity contribution in [3.63, 3.8) is 0 Å². The molecule has 1 aliphatic carbocycles. The first kappa shape index (κ1) is 16.0. The molecular weight excluding hydrogens is 306 g/mol. The molecule has 0 aromatic heterocycles. The highest BCUT2D eigenvalue weighted by atomic mass is 16.6. The van der Waals surface area contributed by atoms with E-state index in [4.69, 9.17) is 5.73 Å². The Kier molecular flexibility index (Phi) is 3.97. The number of carbonyl (C=O) groups excluding carboxylic acids is 1. The molecule has 1 fully saturated rings. The molecule has 24 heavy (non-hydrogen) atoms. The van der Waals surface area contributed by atoms with E-state index < -0.39 is 4.92 Å². The molecule has 0 heterocycles. The number of rotatable bonds is 5. The lowest BCUT2D eigenvalue weighted by molar-refractivity contribution is -0.383. The van der Waals surface area contributed by atoms with E-state index in [-0.39, 0.29) is 28.3 Å². The van der Waals surface area contributed by atoms with Crippen LogP contribution >= 0.6 is 0 Å². The Balaban J connectivity index is 1.74. The number of nitrogens with zero attached hydrogens (tertiary/aromatic N) is 1. The number of hydrogen-bond acceptors (Lipinski definition) is 4. The van der Waals surface area contributed by atoms with Crippen LogP contribution in [0.4, 0.5) is 11.4 Å². The third-order valence-electron chi connectivity index (χ3n) is 4.65. The Morgan fingerprint density at radius 2 is 2.00 bits per heavy atom. The van der Waals surface area contributed by atoms with Gasteiger partial charge in [0.05, 0.1) is 4.92 Å². The standard InChI is InChI=1S/C18H19N3O3/c1-12-4-2-3-5-14(12)18(8-9-18)11-20-17(22)13-6-7-15(19)16(10-13)21(23)24/h2-7,10H,8-9,11,19H2,1H3,(H,20,22).